The Kier molecular flexibility index (Phi) is 2.63. The molecule has 11 nitrogen and oxygen atoms in total. The van der Waals surface area contributed by atoms with Crippen LogP contribution in [0.4, 0.5) is 5.95 Å². The van der Waals surface area contributed by atoms with Gasteiger partial charge in [-0.1, -0.05) is 0 Å². The molecule has 0 aliphatic rings. The average molecular weight is 200 g/mol. The molecule has 0 radical (unpaired) electrons. The zero-order valence-corrected chi connectivity index (χ0v) is 6.90. The average Bonchev–Trinajstić information content (AvgIpc) is 2.67. The summed E-state index contributed by atoms with van der Waals surface area (Å²) in [5, 5.41) is 24.9. The largest absolute Gasteiger partial charge is 0.842 e. The van der Waals surface area contributed by atoms with Crippen LogP contribution < -0.4 is 27.2 Å². The van der Waals surface area contributed by atoms with Gasteiger partial charge in [0.15, 0.2) is 0 Å². The highest BCUT2D eigenvalue weighted by atomic mass is 16.3. The second kappa shape index (κ2) is 3.88. The molecule has 0 fully saturated rings. The van der Waals surface area contributed by atoms with Crippen molar-refractivity contribution >= 4 is 5.95 Å². The number of nitrogen functional groups attached to an aromatic ring is 3. The van der Waals surface area contributed by atoms with Gasteiger partial charge in [0.1, 0.15) is 6.01 Å². The van der Waals surface area contributed by atoms with Crippen LogP contribution in [0.3, 0.4) is 0 Å². The van der Waals surface area contributed by atoms with E-state index in [-0.39, 0.29) is 0 Å². The molecule has 76 valence electrons. The maximum Gasteiger partial charge on any atom is 0.360 e. The first kappa shape index (κ1) is 9.50. The molecule has 0 aromatic carbocycles. The molecule has 0 aliphatic heterocycles. The number of H-pyrrole nitrogens is 1. The Labute approximate surface area is 77.1 Å². The second-order valence-electron chi connectivity index (χ2n) is 2.05. The lowest BCUT2D eigenvalue weighted by atomic mass is 11.1. The highest BCUT2D eigenvalue weighted by molar-refractivity contribution is 4.98. The van der Waals surface area contributed by atoms with E-state index in [4.69, 9.17) is 17.4 Å². The molecule has 2 heterocycles. The van der Waals surface area contributed by atoms with E-state index in [9.17, 15) is 5.11 Å². The molecule has 0 amide bonds. The van der Waals surface area contributed by atoms with Gasteiger partial charge in [-0.25, -0.2) is 0 Å². The van der Waals surface area contributed by atoms with Crippen LogP contribution in [-0.2, 0) is 0 Å². The van der Waals surface area contributed by atoms with Crippen LogP contribution in [-0.4, -0.2) is 30.5 Å². The van der Waals surface area contributed by atoms with Crippen molar-refractivity contribution in [2.24, 2.45) is 0 Å². The molecule has 0 saturated carbocycles. The lowest BCUT2D eigenvalue weighted by Crippen LogP contribution is -2.44. The minimum atomic E-state index is -0.639. The second-order valence-corrected chi connectivity index (χ2v) is 2.05. The molecular formula is C3H8N10O. The Hall–Kier alpha value is -2.59. The minimum Gasteiger partial charge on any atom is -0.842 e. The first-order valence-electron chi connectivity index (χ1n) is 3.27. The van der Waals surface area contributed by atoms with Crippen LogP contribution in [0, 0.1) is 0 Å². The van der Waals surface area contributed by atoms with Gasteiger partial charge >= 0.3 is 5.95 Å². The topological polar surface area (TPSA) is 177 Å². The van der Waals surface area contributed by atoms with Crippen molar-refractivity contribution in [1.82, 2.24) is 30.5 Å². The van der Waals surface area contributed by atoms with Crippen molar-refractivity contribution in [2.45, 2.75) is 0 Å². The number of aromatic amines is 1. The van der Waals surface area contributed by atoms with Crippen molar-refractivity contribution in [3.8, 4) is 6.01 Å². The van der Waals surface area contributed by atoms with Crippen molar-refractivity contribution < 1.29 is 9.78 Å². The first-order chi connectivity index (χ1) is 6.61. The molecule has 2 aromatic rings. The van der Waals surface area contributed by atoms with Gasteiger partial charge in [0.2, 0.25) is 0 Å². The summed E-state index contributed by atoms with van der Waals surface area (Å²) in [4.78, 5) is 0.556. The summed E-state index contributed by atoms with van der Waals surface area (Å²) in [6.45, 7) is 0. The number of hydrogen-bond acceptors (Lipinski definition) is 8. The van der Waals surface area contributed by atoms with Crippen LogP contribution in [0.25, 0.3) is 0 Å². The van der Waals surface area contributed by atoms with Gasteiger partial charge in [-0.15, -0.1) is 14.9 Å². The summed E-state index contributed by atoms with van der Waals surface area (Å²) in [7, 11) is 0. The van der Waals surface area contributed by atoms with Crippen LogP contribution in [0.5, 0.6) is 6.01 Å². The lowest BCUT2D eigenvalue weighted by Gasteiger charge is -1.95. The van der Waals surface area contributed by atoms with E-state index >= 15 is 0 Å². The molecule has 0 saturated heterocycles. The lowest BCUT2D eigenvalue weighted by molar-refractivity contribution is -0.623. The predicted molar refractivity (Wildman–Crippen MR) is 40.8 cm³/mol. The molecule has 0 spiro atoms. The van der Waals surface area contributed by atoms with E-state index in [2.05, 4.69) is 25.7 Å². The maximum absolute atomic E-state index is 10.0. The Morgan fingerprint density at radius 3 is 2.43 bits per heavy atom. The zero-order valence-electron chi connectivity index (χ0n) is 6.90. The van der Waals surface area contributed by atoms with E-state index < -0.39 is 6.01 Å². The number of nitrogens with zero attached hydrogens (tertiary/aromatic N) is 6. The molecule has 14 heavy (non-hydrogen) atoms. The number of rotatable bonds is 0. The molecule has 11 heteroatoms. The van der Waals surface area contributed by atoms with E-state index in [1.807, 2.05) is 0 Å². The Morgan fingerprint density at radius 1 is 1.57 bits per heavy atom. The van der Waals surface area contributed by atoms with Crippen molar-refractivity contribution in [3.05, 3.63) is 6.33 Å². The third-order valence-electron chi connectivity index (χ3n) is 1.10. The monoisotopic (exact) mass is 200 g/mol. The molecule has 2 rings (SSSR count). The van der Waals surface area contributed by atoms with Gasteiger partial charge in [-0.05, 0) is 15.5 Å². The fourth-order valence-corrected chi connectivity index (χ4v) is 0.463. The van der Waals surface area contributed by atoms with Crippen molar-refractivity contribution in [2.75, 3.05) is 17.4 Å². The van der Waals surface area contributed by atoms with Crippen LogP contribution >= 0.6 is 0 Å². The van der Waals surface area contributed by atoms with Crippen LogP contribution in [0.2, 0.25) is 0 Å². The Morgan fingerprint density at radius 2 is 2.29 bits per heavy atom. The maximum atomic E-state index is 10.0. The smallest absolute Gasteiger partial charge is 0.360 e. The fourth-order valence-electron chi connectivity index (χ4n) is 0.463. The van der Waals surface area contributed by atoms with Crippen LogP contribution in [0.15, 0.2) is 6.33 Å². The molecule has 0 unspecified atom stereocenters. The quantitative estimate of drug-likeness (QED) is 0.242. The van der Waals surface area contributed by atoms with Gasteiger partial charge in [0, 0.05) is 0 Å². The van der Waals surface area contributed by atoms with Gasteiger partial charge in [0.05, 0.1) is 0 Å². The van der Waals surface area contributed by atoms with E-state index in [1.54, 1.807) is 0 Å². The molecule has 0 bridgehead atoms. The van der Waals surface area contributed by atoms with Crippen LogP contribution in [0.1, 0.15) is 0 Å². The number of nitrogens with one attached hydrogen (secondary N) is 1. The summed E-state index contributed by atoms with van der Waals surface area (Å²) in [5.41, 5.74) is 5.16. The van der Waals surface area contributed by atoms with E-state index in [0.717, 1.165) is 0 Å². The van der Waals surface area contributed by atoms with Crippen molar-refractivity contribution in [3.63, 3.8) is 0 Å². The molecule has 7 N–H and O–H groups in total. The summed E-state index contributed by atoms with van der Waals surface area (Å²) < 4.78 is 1.19. The Bertz CT molecular complexity index is 318. The summed E-state index contributed by atoms with van der Waals surface area (Å²) in [5.74, 6) is 10.3. The van der Waals surface area contributed by atoms with Gasteiger partial charge in [0.25, 0.3) is 6.33 Å². The normalized spacial score (nSPS) is 9.14. The highest BCUT2D eigenvalue weighted by Gasteiger charge is 1.96. The summed E-state index contributed by atoms with van der Waals surface area (Å²) in [6, 6.07) is -0.639. The number of hydrogen-bond donors (Lipinski definition) is 4. The predicted octanol–water partition coefficient (Wildman–Crippen LogP) is -4.55. The van der Waals surface area contributed by atoms with Gasteiger partial charge in [-0.3, -0.25) is 5.84 Å². The Balaban J connectivity index is 0.000000140. The van der Waals surface area contributed by atoms with Gasteiger partial charge in [-0.2, -0.15) is 4.79 Å². The molecule has 0 aliphatic carbocycles. The first-order valence-corrected chi connectivity index (χ1v) is 3.27. The SMILES string of the molecule is Nc1[nH]nc[n+]1N.Nn1nnnc1[O-]. The highest BCUT2D eigenvalue weighted by Crippen LogP contribution is 1.81. The molecular weight excluding hydrogens is 192 g/mol. The fraction of sp³-hybridized carbons (Fsp3) is 0. The van der Waals surface area contributed by atoms with E-state index in [0.29, 0.717) is 10.7 Å². The number of nitrogens with two attached hydrogens (primary N) is 3. The molecule has 2 aromatic heterocycles. The minimum absolute atomic E-state index is 0.347. The van der Waals surface area contributed by atoms with E-state index in [1.165, 1.54) is 11.0 Å². The number of anilines is 1. The third-order valence-corrected chi connectivity index (χ3v) is 1.10. The molecule has 0 atom stereocenters. The zero-order chi connectivity index (χ0) is 10.6. The van der Waals surface area contributed by atoms with Crippen molar-refractivity contribution in [1.29, 1.82) is 0 Å². The van der Waals surface area contributed by atoms with Gasteiger partial charge < -0.3 is 16.7 Å². The standard InChI is InChI=1S/C2H5N5.CH3N5O/c3-2-6-5-1-7(2)4;2-6-1(7)3-4-5-6/h1H,4H2,(H2,3,6);2H2,(H,3,5,7). The summed E-state index contributed by atoms with van der Waals surface area (Å²) >= 11 is 0. The third kappa shape index (κ3) is 2.20. The number of tetrazole rings is 1. The number of aromatic nitrogens is 7. The summed E-state index contributed by atoms with van der Waals surface area (Å²) in [6.07, 6.45) is 1.38.